The van der Waals surface area contributed by atoms with E-state index in [0.29, 0.717) is 0 Å². The molecule has 0 unspecified atom stereocenters. The van der Waals surface area contributed by atoms with Crippen LogP contribution in [0.25, 0.3) is 5.69 Å². The molecule has 0 bridgehead atoms. The minimum atomic E-state index is 0.0666. The number of hydrogen-bond acceptors (Lipinski definition) is 1. The Balaban J connectivity index is 2.65. The fourth-order valence-electron chi connectivity index (χ4n) is 2.22. The van der Waals surface area contributed by atoms with Gasteiger partial charge in [0.1, 0.15) is 0 Å². The van der Waals surface area contributed by atoms with Gasteiger partial charge in [0, 0.05) is 11.3 Å². The summed E-state index contributed by atoms with van der Waals surface area (Å²) in [6.07, 6.45) is 0.763. The molecule has 0 aliphatic heterocycles. The molecule has 90 valence electrons. The van der Waals surface area contributed by atoms with E-state index in [1.54, 1.807) is 4.68 Å². The molecule has 1 aromatic carbocycles. The minimum Gasteiger partial charge on any atom is -0.295 e. The highest BCUT2D eigenvalue weighted by atomic mass is 16.1. The van der Waals surface area contributed by atoms with Crippen LogP contribution >= 0.6 is 0 Å². The molecule has 0 saturated heterocycles. The first-order valence-corrected chi connectivity index (χ1v) is 5.92. The molecule has 0 fully saturated rings. The van der Waals surface area contributed by atoms with Crippen LogP contribution in [0.3, 0.4) is 0 Å². The third kappa shape index (κ3) is 1.93. The molecule has 1 N–H and O–H groups in total. The molecular weight excluding hydrogens is 212 g/mol. The maximum Gasteiger partial charge on any atom is 0.274 e. The highest BCUT2D eigenvalue weighted by Gasteiger charge is 2.11. The van der Waals surface area contributed by atoms with Crippen molar-refractivity contribution < 1.29 is 0 Å². The van der Waals surface area contributed by atoms with Gasteiger partial charge in [-0.2, -0.15) is 0 Å². The molecule has 0 atom stereocenters. The average Bonchev–Trinajstić information content (AvgIpc) is 2.54. The SMILES string of the molecule is CCc1c(C)[nH]n(-c2ccc(C)cc2C)c1=O. The summed E-state index contributed by atoms with van der Waals surface area (Å²) < 4.78 is 1.64. The molecule has 0 radical (unpaired) electrons. The Bertz CT molecular complexity index is 605. The van der Waals surface area contributed by atoms with E-state index in [2.05, 4.69) is 18.1 Å². The van der Waals surface area contributed by atoms with E-state index in [9.17, 15) is 4.79 Å². The lowest BCUT2D eigenvalue weighted by atomic mass is 10.1. The third-order valence-electron chi connectivity index (χ3n) is 3.14. The Kier molecular flexibility index (Phi) is 2.92. The van der Waals surface area contributed by atoms with Crippen LogP contribution < -0.4 is 5.56 Å². The van der Waals surface area contributed by atoms with Crippen molar-refractivity contribution in [2.45, 2.75) is 34.1 Å². The lowest BCUT2D eigenvalue weighted by Crippen LogP contribution is -2.17. The number of hydrogen-bond donors (Lipinski definition) is 1. The molecule has 0 aliphatic rings. The summed E-state index contributed by atoms with van der Waals surface area (Å²) in [6, 6.07) is 6.10. The van der Waals surface area contributed by atoms with Crippen LogP contribution in [-0.2, 0) is 6.42 Å². The smallest absolute Gasteiger partial charge is 0.274 e. The Morgan fingerprint density at radius 1 is 1.24 bits per heavy atom. The molecule has 1 heterocycles. The summed E-state index contributed by atoms with van der Waals surface area (Å²) in [7, 11) is 0. The number of aromatic nitrogens is 2. The fourth-order valence-corrected chi connectivity index (χ4v) is 2.22. The van der Waals surface area contributed by atoms with Crippen molar-refractivity contribution in [1.82, 2.24) is 9.78 Å². The van der Waals surface area contributed by atoms with Crippen molar-refractivity contribution in [3.05, 3.63) is 50.9 Å². The second-order valence-electron chi connectivity index (χ2n) is 4.50. The topological polar surface area (TPSA) is 37.8 Å². The minimum absolute atomic E-state index is 0.0666. The number of aryl methyl sites for hydroxylation is 3. The third-order valence-corrected chi connectivity index (χ3v) is 3.14. The molecule has 3 nitrogen and oxygen atoms in total. The quantitative estimate of drug-likeness (QED) is 0.846. The predicted molar refractivity (Wildman–Crippen MR) is 70.0 cm³/mol. The van der Waals surface area contributed by atoms with Crippen LogP contribution in [0.5, 0.6) is 0 Å². The number of nitrogens with zero attached hydrogens (tertiary/aromatic N) is 1. The van der Waals surface area contributed by atoms with E-state index < -0.39 is 0 Å². The zero-order valence-electron chi connectivity index (χ0n) is 10.8. The number of aromatic amines is 1. The van der Waals surface area contributed by atoms with Crippen LogP contribution in [0, 0.1) is 20.8 Å². The molecule has 0 spiro atoms. The molecule has 0 aliphatic carbocycles. The lowest BCUT2D eigenvalue weighted by molar-refractivity contribution is 0.827. The maximum atomic E-state index is 12.2. The van der Waals surface area contributed by atoms with Crippen molar-refractivity contribution in [3.8, 4) is 5.69 Å². The lowest BCUT2D eigenvalue weighted by Gasteiger charge is -2.06. The molecule has 0 amide bonds. The van der Waals surface area contributed by atoms with Crippen LogP contribution in [0.4, 0.5) is 0 Å². The summed E-state index contributed by atoms with van der Waals surface area (Å²) in [6.45, 7) is 8.03. The van der Waals surface area contributed by atoms with Crippen LogP contribution in [-0.4, -0.2) is 9.78 Å². The highest BCUT2D eigenvalue weighted by molar-refractivity contribution is 5.42. The summed E-state index contributed by atoms with van der Waals surface area (Å²) in [5.74, 6) is 0. The molecule has 1 aromatic heterocycles. The fraction of sp³-hybridized carbons (Fsp3) is 0.357. The Labute approximate surface area is 101 Å². The Hall–Kier alpha value is -1.77. The van der Waals surface area contributed by atoms with Gasteiger partial charge in [-0.3, -0.25) is 9.89 Å². The molecule has 2 aromatic rings. The molecule has 0 saturated carbocycles. The van der Waals surface area contributed by atoms with Gasteiger partial charge in [-0.15, -0.1) is 0 Å². The van der Waals surface area contributed by atoms with Crippen LogP contribution in [0.1, 0.15) is 29.3 Å². The highest BCUT2D eigenvalue weighted by Crippen LogP contribution is 2.14. The largest absolute Gasteiger partial charge is 0.295 e. The summed E-state index contributed by atoms with van der Waals surface area (Å²) in [5.41, 5.74) is 5.14. The van der Waals surface area contributed by atoms with E-state index in [4.69, 9.17) is 0 Å². The number of rotatable bonds is 2. The standard InChI is InChI=1S/C14H18N2O/c1-5-12-11(4)15-16(14(12)17)13-7-6-9(2)8-10(13)3/h6-8,15H,5H2,1-4H3. The van der Waals surface area contributed by atoms with Crippen LogP contribution in [0.2, 0.25) is 0 Å². The normalized spacial score (nSPS) is 10.8. The van der Waals surface area contributed by atoms with E-state index in [1.807, 2.05) is 32.9 Å². The molecular formula is C14H18N2O. The van der Waals surface area contributed by atoms with E-state index in [0.717, 1.165) is 28.9 Å². The van der Waals surface area contributed by atoms with Crippen LogP contribution in [0.15, 0.2) is 23.0 Å². The second kappa shape index (κ2) is 4.24. The monoisotopic (exact) mass is 230 g/mol. The Morgan fingerprint density at radius 3 is 2.47 bits per heavy atom. The first kappa shape index (κ1) is 11.7. The number of nitrogens with one attached hydrogen (secondary N) is 1. The number of benzene rings is 1. The summed E-state index contributed by atoms with van der Waals surface area (Å²) in [5, 5.41) is 3.14. The van der Waals surface area contributed by atoms with Gasteiger partial charge in [0.15, 0.2) is 0 Å². The average molecular weight is 230 g/mol. The summed E-state index contributed by atoms with van der Waals surface area (Å²) >= 11 is 0. The van der Waals surface area contributed by atoms with Gasteiger partial charge >= 0.3 is 0 Å². The van der Waals surface area contributed by atoms with Gasteiger partial charge in [0.2, 0.25) is 0 Å². The van der Waals surface area contributed by atoms with Crippen molar-refractivity contribution in [2.24, 2.45) is 0 Å². The zero-order chi connectivity index (χ0) is 12.6. The predicted octanol–water partition coefficient (Wildman–Crippen LogP) is 2.65. The van der Waals surface area contributed by atoms with E-state index in [-0.39, 0.29) is 5.56 Å². The van der Waals surface area contributed by atoms with Gasteiger partial charge in [-0.25, -0.2) is 4.68 Å². The van der Waals surface area contributed by atoms with Crippen molar-refractivity contribution in [3.63, 3.8) is 0 Å². The van der Waals surface area contributed by atoms with Gasteiger partial charge in [-0.05, 0) is 38.8 Å². The van der Waals surface area contributed by atoms with Crippen molar-refractivity contribution >= 4 is 0 Å². The van der Waals surface area contributed by atoms with Gasteiger partial charge in [0.25, 0.3) is 5.56 Å². The zero-order valence-corrected chi connectivity index (χ0v) is 10.8. The molecule has 17 heavy (non-hydrogen) atoms. The van der Waals surface area contributed by atoms with E-state index in [1.165, 1.54) is 5.56 Å². The van der Waals surface area contributed by atoms with Gasteiger partial charge in [0.05, 0.1) is 5.69 Å². The van der Waals surface area contributed by atoms with Gasteiger partial charge < -0.3 is 0 Å². The molecule has 3 heteroatoms. The van der Waals surface area contributed by atoms with E-state index >= 15 is 0 Å². The maximum absolute atomic E-state index is 12.2. The first-order valence-electron chi connectivity index (χ1n) is 5.92. The summed E-state index contributed by atoms with van der Waals surface area (Å²) in [4.78, 5) is 12.2. The van der Waals surface area contributed by atoms with Crippen molar-refractivity contribution in [1.29, 1.82) is 0 Å². The second-order valence-corrected chi connectivity index (χ2v) is 4.50. The molecule has 2 rings (SSSR count). The number of H-pyrrole nitrogens is 1. The Morgan fingerprint density at radius 2 is 1.94 bits per heavy atom. The first-order chi connectivity index (χ1) is 8.04. The van der Waals surface area contributed by atoms with Gasteiger partial charge in [-0.1, -0.05) is 24.6 Å². The van der Waals surface area contributed by atoms with Crippen molar-refractivity contribution in [2.75, 3.05) is 0 Å².